The second-order valence-electron chi connectivity index (χ2n) is 4.38. The standard InChI is InChI=1S/C14H23FN2S/c1-4-7-16-11-12-5-6-14(13(15)10-12)17(2)8-9-18-3/h5-6,10,16H,4,7-9,11H2,1-3H3. The van der Waals surface area contributed by atoms with E-state index >= 15 is 0 Å². The highest BCUT2D eigenvalue weighted by molar-refractivity contribution is 7.98. The predicted octanol–water partition coefficient (Wildman–Crippen LogP) is 3.12. The van der Waals surface area contributed by atoms with Crippen molar-refractivity contribution in [3.05, 3.63) is 29.6 Å². The predicted molar refractivity (Wildman–Crippen MR) is 80.0 cm³/mol. The molecule has 0 atom stereocenters. The Bertz CT molecular complexity index is 358. The first-order valence-corrected chi connectivity index (χ1v) is 7.77. The summed E-state index contributed by atoms with van der Waals surface area (Å²) in [7, 11) is 1.93. The Morgan fingerprint density at radius 1 is 1.39 bits per heavy atom. The van der Waals surface area contributed by atoms with Gasteiger partial charge in [-0.25, -0.2) is 4.39 Å². The van der Waals surface area contributed by atoms with Crippen molar-refractivity contribution in [3.63, 3.8) is 0 Å². The fourth-order valence-electron chi connectivity index (χ4n) is 1.73. The van der Waals surface area contributed by atoms with Gasteiger partial charge in [-0.3, -0.25) is 0 Å². The number of rotatable bonds is 8. The van der Waals surface area contributed by atoms with Gasteiger partial charge < -0.3 is 10.2 Å². The maximum absolute atomic E-state index is 14.0. The number of hydrogen-bond donors (Lipinski definition) is 1. The molecule has 0 fully saturated rings. The Hall–Kier alpha value is -0.740. The van der Waals surface area contributed by atoms with Gasteiger partial charge in [-0.05, 0) is 36.9 Å². The summed E-state index contributed by atoms with van der Waals surface area (Å²) in [5, 5.41) is 3.28. The third-order valence-corrected chi connectivity index (χ3v) is 3.40. The van der Waals surface area contributed by atoms with E-state index in [1.54, 1.807) is 17.8 Å². The number of anilines is 1. The molecule has 0 radical (unpaired) electrons. The molecule has 0 spiro atoms. The normalized spacial score (nSPS) is 10.7. The maximum atomic E-state index is 14.0. The quantitative estimate of drug-likeness (QED) is 0.731. The summed E-state index contributed by atoms with van der Waals surface area (Å²) < 4.78 is 14.0. The van der Waals surface area contributed by atoms with Crippen LogP contribution in [0.3, 0.4) is 0 Å². The first kappa shape index (κ1) is 15.3. The lowest BCUT2D eigenvalue weighted by Gasteiger charge is -2.20. The Morgan fingerprint density at radius 3 is 2.78 bits per heavy atom. The molecule has 0 aliphatic heterocycles. The van der Waals surface area contributed by atoms with Gasteiger partial charge in [0, 0.05) is 25.9 Å². The van der Waals surface area contributed by atoms with E-state index in [1.807, 2.05) is 24.1 Å². The molecule has 102 valence electrons. The van der Waals surface area contributed by atoms with Crippen LogP contribution in [0.15, 0.2) is 18.2 Å². The fourth-order valence-corrected chi connectivity index (χ4v) is 2.18. The molecule has 1 aromatic carbocycles. The number of nitrogens with one attached hydrogen (secondary N) is 1. The molecule has 0 unspecified atom stereocenters. The van der Waals surface area contributed by atoms with Gasteiger partial charge in [0.2, 0.25) is 0 Å². The van der Waals surface area contributed by atoms with Crippen LogP contribution < -0.4 is 10.2 Å². The summed E-state index contributed by atoms with van der Waals surface area (Å²) in [6.45, 7) is 4.69. The van der Waals surface area contributed by atoms with Crippen molar-refractivity contribution in [2.45, 2.75) is 19.9 Å². The Morgan fingerprint density at radius 2 is 2.17 bits per heavy atom. The van der Waals surface area contributed by atoms with Crippen molar-refractivity contribution in [3.8, 4) is 0 Å². The fraction of sp³-hybridized carbons (Fsp3) is 0.571. The molecule has 4 heteroatoms. The summed E-state index contributed by atoms with van der Waals surface area (Å²) in [5.41, 5.74) is 1.69. The Balaban J connectivity index is 2.61. The lowest BCUT2D eigenvalue weighted by atomic mass is 10.2. The van der Waals surface area contributed by atoms with Gasteiger partial charge in [0.25, 0.3) is 0 Å². The molecule has 0 amide bonds. The molecule has 0 aromatic heterocycles. The third kappa shape index (κ3) is 4.86. The van der Waals surface area contributed by atoms with E-state index in [0.717, 1.165) is 37.4 Å². The minimum Gasteiger partial charge on any atom is -0.371 e. The zero-order valence-corrected chi connectivity index (χ0v) is 12.3. The number of hydrogen-bond acceptors (Lipinski definition) is 3. The maximum Gasteiger partial charge on any atom is 0.146 e. The van der Waals surface area contributed by atoms with Gasteiger partial charge in [-0.2, -0.15) is 11.8 Å². The molecule has 1 rings (SSSR count). The molecule has 0 bridgehead atoms. The lowest BCUT2D eigenvalue weighted by molar-refractivity contribution is 0.616. The van der Waals surface area contributed by atoms with Gasteiger partial charge in [0.15, 0.2) is 0 Å². The average Bonchev–Trinajstić information content (AvgIpc) is 2.36. The van der Waals surface area contributed by atoms with E-state index < -0.39 is 0 Å². The number of nitrogens with zero attached hydrogens (tertiary/aromatic N) is 1. The monoisotopic (exact) mass is 270 g/mol. The highest BCUT2D eigenvalue weighted by Gasteiger charge is 2.07. The number of benzene rings is 1. The van der Waals surface area contributed by atoms with Crippen molar-refractivity contribution in [1.82, 2.24) is 5.32 Å². The van der Waals surface area contributed by atoms with Crippen LogP contribution in [-0.4, -0.2) is 32.1 Å². The van der Waals surface area contributed by atoms with Gasteiger partial charge in [0.1, 0.15) is 5.82 Å². The zero-order chi connectivity index (χ0) is 13.4. The number of thioether (sulfide) groups is 1. The van der Waals surface area contributed by atoms with Crippen LogP contribution in [0.25, 0.3) is 0 Å². The highest BCUT2D eigenvalue weighted by atomic mass is 32.2. The minimum atomic E-state index is -0.130. The highest BCUT2D eigenvalue weighted by Crippen LogP contribution is 2.19. The molecule has 1 aromatic rings. The molecule has 2 nitrogen and oxygen atoms in total. The Kier molecular flexibility index (Phi) is 7.13. The smallest absolute Gasteiger partial charge is 0.146 e. The summed E-state index contributed by atoms with van der Waals surface area (Å²) in [4.78, 5) is 1.97. The van der Waals surface area contributed by atoms with E-state index in [9.17, 15) is 4.39 Å². The second kappa shape index (κ2) is 8.38. The van der Waals surface area contributed by atoms with E-state index in [-0.39, 0.29) is 5.82 Å². The molecular weight excluding hydrogens is 247 g/mol. The summed E-state index contributed by atoms with van der Waals surface area (Å²) >= 11 is 1.77. The van der Waals surface area contributed by atoms with Crippen LogP contribution in [-0.2, 0) is 6.54 Å². The van der Waals surface area contributed by atoms with Crippen LogP contribution in [0.2, 0.25) is 0 Å². The summed E-state index contributed by atoms with van der Waals surface area (Å²) in [6.07, 6.45) is 3.16. The lowest BCUT2D eigenvalue weighted by Crippen LogP contribution is -2.21. The van der Waals surface area contributed by atoms with E-state index in [0.29, 0.717) is 5.69 Å². The van der Waals surface area contributed by atoms with Crippen molar-refractivity contribution in [2.75, 3.05) is 37.0 Å². The topological polar surface area (TPSA) is 15.3 Å². The molecule has 0 saturated carbocycles. The van der Waals surface area contributed by atoms with Crippen molar-refractivity contribution < 1.29 is 4.39 Å². The van der Waals surface area contributed by atoms with Crippen LogP contribution in [0.4, 0.5) is 10.1 Å². The van der Waals surface area contributed by atoms with E-state index in [4.69, 9.17) is 0 Å². The Labute approximate surface area is 114 Å². The van der Waals surface area contributed by atoms with Crippen LogP contribution in [0.5, 0.6) is 0 Å². The molecule has 18 heavy (non-hydrogen) atoms. The largest absolute Gasteiger partial charge is 0.371 e. The van der Waals surface area contributed by atoms with E-state index in [2.05, 4.69) is 18.5 Å². The second-order valence-corrected chi connectivity index (χ2v) is 5.36. The van der Waals surface area contributed by atoms with Crippen molar-refractivity contribution in [1.29, 1.82) is 0 Å². The molecule has 0 saturated heterocycles. The van der Waals surface area contributed by atoms with Crippen molar-refractivity contribution in [2.24, 2.45) is 0 Å². The SMILES string of the molecule is CCCNCc1ccc(N(C)CCSC)c(F)c1. The van der Waals surface area contributed by atoms with Gasteiger partial charge >= 0.3 is 0 Å². The molecule has 0 aliphatic carbocycles. The third-order valence-electron chi connectivity index (χ3n) is 2.81. The minimum absolute atomic E-state index is 0.130. The van der Waals surface area contributed by atoms with E-state index in [1.165, 1.54) is 0 Å². The van der Waals surface area contributed by atoms with Crippen LogP contribution in [0, 0.1) is 5.82 Å². The molecule has 1 N–H and O–H groups in total. The van der Waals surface area contributed by atoms with Gasteiger partial charge in [0.05, 0.1) is 5.69 Å². The van der Waals surface area contributed by atoms with Gasteiger partial charge in [-0.15, -0.1) is 0 Å². The molecule has 0 heterocycles. The van der Waals surface area contributed by atoms with Crippen LogP contribution >= 0.6 is 11.8 Å². The first-order valence-electron chi connectivity index (χ1n) is 6.38. The molecular formula is C14H23FN2S. The van der Waals surface area contributed by atoms with Gasteiger partial charge in [-0.1, -0.05) is 13.0 Å². The van der Waals surface area contributed by atoms with Crippen molar-refractivity contribution >= 4 is 17.4 Å². The first-order chi connectivity index (χ1) is 8.69. The summed E-state index contributed by atoms with van der Waals surface area (Å²) in [5.74, 6) is 0.879. The van der Waals surface area contributed by atoms with Crippen LogP contribution in [0.1, 0.15) is 18.9 Å². The zero-order valence-electron chi connectivity index (χ0n) is 11.5. The number of halogens is 1. The average molecular weight is 270 g/mol. The molecule has 0 aliphatic rings. The summed E-state index contributed by atoms with van der Waals surface area (Å²) in [6, 6.07) is 5.50.